The van der Waals surface area contributed by atoms with Crippen LogP contribution in [0.2, 0.25) is 10.0 Å². The SMILES string of the molecule is Cc1cc(=O)n(NCc2cc(F)ccc2Cl)c(=O)n1CC(=O)NCc1cc(Cl)ccc1CNC(=O)OC(C)(C)C. The summed E-state index contributed by atoms with van der Waals surface area (Å²) < 4.78 is 20.7. The number of hydrogen-bond acceptors (Lipinski definition) is 6. The summed E-state index contributed by atoms with van der Waals surface area (Å²) in [7, 11) is 0. The zero-order valence-corrected chi connectivity index (χ0v) is 24.0. The summed E-state index contributed by atoms with van der Waals surface area (Å²) in [4.78, 5) is 50.4. The first-order valence-electron chi connectivity index (χ1n) is 12.3. The standard InChI is InChI=1S/C27H30Cl2FN5O5/c1-16-9-24(37)35(33-14-19-11-21(30)7-8-22(19)29)26(39)34(16)15-23(36)31-13-18-10-20(28)6-5-17(18)12-32-25(38)40-27(2,3)4/h5-11,33H,12-15H2,1-4H3,(H,31,36)(H,32,38). The molecule has 10 nitrogen and oxygen atoms in total. The number of carbonyl (C=O) groups is 2. The van der Waals surface area contributed by atoms with E-state index in [9.17, 15) is 23.6 Å². The molecular weight excluding hydrogens is 564 g/mol. The topological polar surface area (TPSA) is 123 Å². The maximum atomic E-state index is 13.6. The van der Waals surface area contributed by atoms with Crippen LogP contribution < -0.4 is 27.3 Å². The molecule has 214 valence electrons. The number of carbonyl (C=O) groups excluding carboxylic acids is 2. The Kier molecular flexibility index (Phi) is 9.99. The van der Waals surface area contributed by atoms with E-state index in [0.717, 1.165) is 9.24 Å². The van der Waals surface area contributed by atoms with Gasteiger partial charge in [-0.05, 0) is 74.7 Å². The van der Waals surface area contributed by atoms with Gasteiger partial charge in [0.05, 0.1) is 6.54 Å². The van der Waals surface area contributed by atoms with Crippen LogP contribution in [0.25, 0.3) is 0 Å². The van der Waals surface area contributed by atoms with Gasteiger partial charge in [-0.3, -0.25) is 14.2 Å². The van der Waals surface area contributed by atoms with E-state index in [1.165, 1.54) is 31.2 Å². The van der Waals surface area contributed by atoms with E-state index in [1.807, 2.05) is 0 Å². The van der Waals surface area contributed by atoms with Crippen LogP contribution in [0.15, 0.2) is 52.1 Å². The van der Waals surface area contributed by atoms with Crippen LogP contribution in [-0.2, 0) is 35.7 Å². The number of benzene rings is 2. The van der Waals surface area contributed by atoms with E-state index < -0.39 is 34.7 Å². The van der Waals surface area contributed by atoms with Gasteiger partial charge < -0.3 is 20.8 Å². The first kappa shape index (κ1) is 30.7. The molecule has 0 atom stereocenters. The third-order valence-corrected chi connectivity index (χ3v) is 6.21. The Morgan fingerprint density at radius 1 is 0.925 bits per heavy atom. The highest BCUT2D eigenvalue weighted by Crippen LogP contribution is 2.18. The van der Waals surface area contributed by atoms with E-state index in [0.29, 0.717) is 21.7 Å². The summed E-state index contributed by atoms with van der Waals surface area (Å²) in [5.74, 6) is -1.02. The van der Waals surface area contributed by atoms with Crippen molar-refractivity contribution in [3.8, 4) is 0 Å². The molecule has 3 aromatic rings. The highest BCUT2D eigenvalue weighted by molar-refractivity contribution is 6.31. The molecule has 0 saturated heterocycles. The van der Waals surface area contributed by atoms with Crippen LogP contribution in [0.3, 0.4) is 0 Å². The Hall–Kier alpha value is -3.83. The molecule has 0 bridgehead atoms. The van der Waals surface area contributed by atoms with Gasteiger partial charge in [-0.25, -0.2) is 14.0 Å². The van der Waals surface area contributed by atoms with E-state index in [1.54, 1.807) is 39.0 Å². The summed E-state index contributed by atoms with van der Waals surface area (Å²) in [5, 5.41) is 6.10. The summed E-state index contributed by atoms with van der Waals surface area (Å²) in [6, 6.07) is 10.00. The third-order valence-electron chi connectivity index (χ3n) is 5.60. The quantitative estimate of drug-likeness (QED) is 0.346. The van der Waals surface area contributed by atoms with Crippen molar-refractivity contribution in [2.24, 2.45) is 0 Å². The van der Waals surface area contributed by atoms with Crippen LogP contribution in [0.5, 0.6) is 0 Å². The number of nitrogens with zero attached hydrogens (tertiary/aromatic N) is 2. The second kappa shape index (κ2) is 13.0. The summed E-state index contributed by atoms with van der Waals surface area (Å²) >= 11 is 12.2. The van der Waals surface area contributed by atoms with Gasteiger partial charge in [-0.1, -0.05) is 29.3 Å². The van der Waals surface area contributed by atoms with Crippen molar-refractivity contribution in [3.05, 3.63) is 102 Å². The molecule has 0 aliphatic rings. The van der Waals surface area contributed by atoms with Gasteiger partial charge in [0.25, 0.3) is 5.56 Å². The van der Waals surface area contributed by atoms with Crippen molar-refractivity contribution in [1.29, 1.82) is 0 Å². The lowest BCUT2D eigenvalue weighted by atomic mass is 10.1. The highest BCUT2D eigenvalue weighted by Gasteiger charge is 2.17. The molecule has 0 saturated carbocycles. The Bertz CT molecular complexity index is 1530. The maximum absolute atomic E-state index is 13.6. The fraction of sp³-hybridized carbons (Fsp3) is 0.333. The first-order valence-corrected chi connectivity index (χ1v) is 13.0. The predicted molar refractivity (Wildman–Crippen MR) is 151 cm³/mol. The number of ether oxygens (including phenoxy) is 1. The van der Waals surface area contributed by atoms with E-state index in [4.69, 9.17) is 27.9 Å². The average Bonchev–Trinajstić information content (AvgIpc) is 2.85. The lowest BCUT2D eigenvalue weighted by Gasteiger charge is -2.20. The number of aryl methyl sites for hydroxylation is 1. The Morgan fingerprint density at radius 3 is 2.33 bits per heavy atom. The number of nitrogens with one attached hydrogen (secondary N) is 3. The summed E-state index contributed by atoms with van der Waals surface area (Å²) in [6.07, 6.45) is -0.587. The van der Waals surface area contributed by atoms with E-state index in [2.05, 4.69) is 16.1 Å². The Labute approximate surface area is 240 Å². The van der Waals surface area contributed by atoms with Crippen LogP contribution in [0.1, 0.15) is 43.2 Å². The van der Waals surface area contributed by atoms with Gasteiger partial charge >= 0.3 is 11.8 Å². The van der Waals surface area contributed by atoms with Crippen molar-refractivity contribution in [1.82, 2.24) is 19.9 Å². The molecule has 13 heteroatoms. The molecule has 0 radical (unpaired) electrons. The van der Waals surface area contributed by atoms with Gasteiger partial charge in [0.1, 0.15) is 18.0 Å². The molecule has 0 unspecified atom stereocenters. The van der Waals surface area contributed by atoms with Crippen molar-refractivity contribution >= 4 is 35.2 Å². The first-order chi connectivity index (χ1) is 18.7. The molecule has 2 amide bonds. The molecule has 3 N–H and O–H groups in total. The number of amides is 2. The summed E-state index contributed by atoms with van der Waals surface area (Å²) in [6.45, 7) is 6.52. The zero-order valence-electron chi connectivity index (χ0n) is 22.4. The van der Waals surface area contributed by atoms with Crippen LogP contribution >= 0.6 is 23.2 Å². The molecule has 0 fully saturated rings. The van der Waals surface area contributed by atoms with Crippen molar-refractivity contribution in [3.63, 3.8) is 0 Å². The minimum atomic E-state index is -0.780. The molecule has 0 spiro atoms. The smallest absolute Gasteiger partial charge is 0.407 e. The fourth-order valence-electron chi connectivity index (χ4n) is 3.67. The van der Waals surface area contributed by atoms with Crippen molar-refractivity contribution in [2.45, 2.75) is 59.5 Å². The summed E-state index contributed by atoms with van der Waals surface area (Å²) in [5.41, 5.74) is 2.54. The number of hydrogen-bond donors (Lipinski definition) is 3. The molecule has 1 heterocycles. The second-order valence-electron chi connectivity index (χ2n) is 9.94. The van der Waals surface area contributed by atoms with Crippen molar-refractivity contribution < 1.29 is 18.7 Å². The molecule has 0 aliphatic carbocycles. The normalized spacial score (nSPS) is 11.2. The minimum absolute atomic E-state index is 0.0640. The number of alkyl carbamates (subject to hydrolysis) is 1. The molecule has 1 aromatic heterocycles. The van der Waals surface area contributed by atoms with Crippen molar-refractivity contribution in [2.75, 3.05) is 5.43 Å². The zero-order chi connectivity index (χ0) is 29.6. The lowest BCUT2D eigenvalue weighted by molar-refractivity contribution is -0.121. The lowest BCUT2D eigenvalue weighted by Crippen LogP contribution is -2.46. The molecule has 0 aliphatic heterocycles. The molecule has 3 rings (SSSR count). The second-order valence-corrected chi connectivity index (χ2v) is 10.8. The number of aromatic nitrogens is 2. The van der Waals surface area contributed by atoms with E-state index in [-0.39, 0.29) is 36.9 Å². The van der Waals surface area contributed by atoms with Crippen LogP contribution in [-0.4, -0.2) is 26.8 Å². The minimum Gasteiger partial charge on any atom is -0.444 e. The Morgan fingerprint density at radius 2 is 1.62 bits per heavy atom. The molecule has 2 aromatic carbocycles. The Balaban J connectivity index is 1.70. The van der Waals surface area contributed by atoms with Gasteiger partial charge in [-0.2, -0.15) is 4.68 Å². The van der Waals surface area contributed by atoms with Crippen LogP contribution in [0, 0.1) is 12.7 Å². The van der Waals surface area contributed by atoms with Gasteiger partial charge in [0.2, 0.25) is 5.91 Å². The van der Waals surface area contributed by atoms with Gasteiger partial charge in [-0.15, -0.1) is 0 Å². The maximum Gasteiger partial charge on any atom is 0.407 e. The predicted octanol–water partition coefficient (Wildman–Crippen LogP) is 3.85. The molecule has 40 heavy (non-hydrogen) atoms. The third kappa shape index (κ3) is 8.59. The molecular formula is C27H30Cl2FN5O5. The van der Waals surface area contributed by atoms with Crippen LogP contribution in [0.4, 0.5) is 9.18 Å². The van der Waals surface area contributed by atoms with Gasteiger partial charge in [0.15, 0.2) is 0 Å². The number of halogens is 3. The van der Waals surface area contributed by atoms with E-state index >= 15 is 0 Å². The average molecular weight is 594 g/mol. The van der Waals surface area contributed by atoms with Gasteiger partial charge in [0, 0.05) is 34.9 Å². The highest BCUT2D eigenvalue weighted by atomic mass is 35.5. The monoisotopic (exact) mass is 593 g/mol. The fourth-order valence-corrected chi connectivity index (χ4v) is 4.05. The number of rotatable bonds is 9. The largest absolute Gasteiger partial charge is 0.444 e.